The second-order valence-electron chi connectivity index (χ2n) is 4.39. The first kappa shape index (κ1) is 16.1. The van der Waals surface area contributed by atoms with Crippen molar-refractivity contribution in [3.8, 4) is 0 Å². The van der Waals surface area contributed by atoms with Crippen LogP contribution in [-0.4, -0.2) is 25.7 Å². The van der Waals surface area contributed by atoms with Gasteiger partial charge in [-0.3, -0.25) is 10.0 Å². The number of amides is 2. The number of benzene rings is 1. The van der Waals surface area contributed by atoms with Crippen molar-refractivity contribution in [3.05, 3.63) is 47.6 Å². The van der Waals surface area contributed by atoms with Crippen molar-refractivity contribution in [2.45, 2.75) is 0 Å². The highest BCUT2D eigenvalue weighted by molar-refractivity contribution is 7.92. The summed E-state index contributed by atoms with van der Waals surface area (Å²) in [5.74, 6) is 0.359. The molecule has 1 heterocycles. The topological polar surface area (TPSA) is 100 Å². The predicted molar refractivity (Wildman–Crippen MR) is 86.8 cm³/mol. The van der Waals surface area contributed by atoms with Crippen LogP contribution in [0.3, 0.4) is 0 Å². The lowest BCUT2D eigenvalue weighted by molar-refractivity contribution is 0.262. The predicted octanol–water partition coefficient (Wildman–Crippen LogP) is 2.75. The van der Waals surface area contributed by atoms with E-state index in [0.29, 0.717) is 22.2 Å². The van der Waals surface area contributed by atoms with Crippen LogP contribution in [0.1, 0.15) is 0 Å². The molecular weight excluding hydrogens is 328 g/mol. The van der Waals surface area contributed by atoms with E-state index in [2.05, 4.69) is 20.3 Å². The minimum Gasteiger partial charge on any atom is -0.308 e. The smallest absolute Gasteiger partial charge is 0.308 e. The van der Waals surface area contributed by atoms with E-state index in [0.717, 1.165) is 6.26 Å². The Labute approximate surface area is 132 Å². The molecule has 0 saturated heterocycles. The minimum absolute atomic E-state index is 0.359. The third kappa shape index (κ3) is 5.23. The molecule has 3 N–H and O–H groups in total. The molecular formula is C13H13ClN4O3S. The Morgan fingerprint density at radius 3 is 2.23 bits per heavy atom. The lowest BCUT2D eigenvalue weighted by Crippen LogP contribution is -2.20. The maximum atomic E-state index is 11.8. The molecule has 2 amide bonds. The number of hydrogen-bond acceptors (Lipinski definition) is 4. The SMILES string of the molecule is CS(=O)(=O)Nc1ccc(NC(=O)Nc2ccc(Cl)cn2)cc1. The van der Waals surface area contributed by atoms with Gasteiger partial charge in [-0.1, -0.05) is 11.6 Å². The first-order valence-corrected chi connectivity index (χ1v) is 8.36. The van der Waals surface area contributed by atoms with Crippen molar-refractivity contribution in [1.29, 1.82) is 0 Å². The van der Waals surface area contributed by atoms with Crippen molar-refractivity contribution < 1.29 is 13.2 Å². The molecule has 0 fully saturated rings. The molecule has 2 aromatic rings. The van der Waals surface area contributed by atoms with Gasteiger partial charge in [-0.05, 0) is 36.4 Å². The minimum atomic E-state index is -3.33. The summed E-state index contributed by atoms with van der Waals surface area (Å²) >= 11 is 5.70. The molecule has 0 saturated carbocycles. The number of rotatable bonds is 4. The largest absolute Gasteiger partial charge is 0.324 e. The lowest BCUT2D eigenvalue weighted by Gasteiger charge is -2.08. The van der Waals surface area contributed by atoms with E-state index in [9.17, 15) is 13.2 Å². The van der Waals surface area contributed by atoms with Crippen LogP contribution in [-0.2, 0) is 10.0 Å². The molecule has 22 heavy (non-hydrogen) atoms. The number of anilines is 3. The highest BCUT2D eigenvalue weighted by Gasteiger charge is 2.05. The lowest BCUT2D eigenvalue weighted by atomic mass is 10.3. The maximum Gasteiger partial charge on any atom is 0.324 e. The van der Waals surface area contributed by atoms with Crippen molar-refractivity contribution in [2.75, 3.05) is 21.6 Å². The van der Waals surface area contributed by atoms with Crippen LogP contribution >= 0.6 is 11.6 Å². The third-order valence-corrected chi connectivity index (χ3v) is 3.25. The summed E-state index contributed by atoms with van der Waals surface area (Å²) in [5.41, 5.74) is 0.915. The van der Waals surface area contributed by atoms with Crippen LogP contribution in [0.15, 0.2) is 42.6 Å². The Balaban J connectivity index is 1.95. The number of nitrogens with one attached hydrogen (secondary N) is 3. The standard InChI is InChI=1S/C13H13ClN4O3S/c1-22(20,21)18-11-5-3-10(4-6-11)16-13(19)17-12-7-2-9(14)8-15-12/h2-8,18H,1H3,(H2,15,16,17,19). The van der Waals surface area contributed by atoms with Gasteiger partial charge in [-0.15, -0.1) is 0 Å². The second-order valence-corrected chi connectivity index (χ2v) is 6.58. The molecule has 2 rings (SSSR count). The number of carbonyl (C=O) groups is 1. The first-order chi connectivity index (χ1) is 10.3. The summed E-state index contributed by atoms with van der Waals surface area (Å²) in [6, 6.07) is 8.93. The quantitative estimate of drug-likeness (QED) is 0.796. The number of nitrogens with zero attached hydrogens (tertiary/aromatic N) is 1. The van der Waals surface area contributed by atoms with E-state index >= 15 is 0 Å². The Hall–Kier alpha value is -2.32. The molecule has 0 radical (unpaired) electrons. The van der Waals surface area contributed by atoms with E-state index in [4.69, 9.17) is 11.6 Å². The number of hydrogen-bond donors (Lipinski definition) is 3. The molecule has 9 heteroatoms. The van der Waals surface area contributed by atoms with Crippen molar-refractivity contribution in [1.82, 2.24) is 4.98 Å². The molecule has 1 aromatic heterocycles. The van der Waals surface area contributed by atoms with Gasteiger partial charge in [-0.25, -0.2) is 18.2 Å². The van der Waals surface area contributed by atoms with E-state index in [1.54, 1.807) is 24.3 Å². The molecule has 0 aliphatic rings. The Morgan fingerprint density at radius 2 is 1.68 bits per heavy atom. The van der Waals surface area contributed by atoms with Crippen LogP contribution < -0.4 is 15.4 Å². The fourth-order valence-corrected chi connectivity index (χ4v) is 2.24. The Bertz CT molecular complexity index is 761. The van der Waals surface area contributed by atoms with Crippen LogP contribution in [0.4, 0.5) is 22.0 Å². The van der Waals surface area contributed by atoms with Crippen molar-refractivity contribution in [2.24, 2.45) is 0 Å². The van der Waals surface area contributed by atoms with Crippen LogP contribution in [0, 0.1) is 0 Å². The molecule has 116 valence electrons. The molecule has 0 unspecified atom stereocenters. The molecule has 1 aromatic carbocycles. The van der Waals surface area contributed by atoms with E-state index in [1.165, 1.54) is 18.3 Å². The molecule has 7 nitrogen and oxygen atoms in total. The van der Waals surface area contributed by atoms with Crippen LogP contribution in [0.25, 0.3) is 0 Å². The summed E-state index contributed by atoms with van der Waals surface area (Å²) in [6.45, 7) is 0. The summed E-state index contributed by atoms with van der Waals surface area (Å²) in [7, 11) is -3.33. The number of carbonyl (C=O) groups excluding carboxylic acids is 1. The summed E-state index contributed by atoms with van der Waals surface area (Å²) in [5, 5.41) is 5.61. The zero-order valence-corrected chi connectivity index (χ0v) is 13.1. The number of pyridine rings is 1. The van der Waals surface area contributed by atoms with E-state index in [1.807, 2.05) is 0 Å². The van der Waals surface area contributed by atoms with Crippen molar-refractivity contribution in [3.63, 3.8) is 0 Å². The molecule has 0 aliphatic carbocycles. The molecule has 0 bridgehead atoms. The average Bonchev–Trinajstić information content (AvgIpc) is 2.42. The summed E-state index contributed by atoms with van der Waals surface area (Å²) < 4.78 is 24.5. The van der Waals surface area contributed by atoms with Crippen LogP contribution in [0.2, 0.25) is 5.02 Å². The Kier molecular flexibility index (Phi) is 4.84. The number of urea groups is 1. The summed E-state index contributed by atoms with van der Waals surface area (Å²) in [6.07, 6.45) is 2.48. The summed E-state index contributed by atoms with van der Waals surface area (Å²) in [4.78, 5) is 15.7. The van der Waals surface area contributed by atoms with Gasteiger partial charge in [0.2, 0.25) is 10.0 Å². The maximum absolute atomic E-state index is 11.8. The molecule has 0 atom stereocenters. The normalized spacial score (nSPS) is 10.8. The van der Waals surface area contributed by atoms with Gasteiger partial charge in [0.15, 0.2) is 0 Å². The van der Waals surface area contributed by atoms with Crippen molar-refractivity contribution >= 4 is 44.8 Å². The molecule has 0 aliphatic heterocycles. The van der Waals surface area contributed by atoms with Gasteiger partial charge in [0, 0.05) is 17.6 Å². The zero-order chi connectivity index (χ0) is 16.2. The highest BCUT2D eigenvalue weighted by atomic mass is 35.5. The van der Waals surface area contributed by atoms with Gasteiger partial charge in [0.05, 0.1) is 11.3 Å². The van der Waals surface area contributed by atoms with Gasteiger partial charge in [0.1, 0.15) is 5.82 Å². The fraction of sp³-hybridized carbons (Fsp3) is 0.0769. The monoisotopic (exact) mass is 340 g/mol. The van der Waals surface area contributed by atoms with E-state index < -0.39 is 16.1 Å². The number of aromatic nitrogens is 1. The van der Waals surface area contributed by atoms with E-state index in [-0.39, 0.29) is 0 Å². The fourth-order valence-electron chi connectivity index (χ4n) is 1.56. The van der Waals surface area contributed by atoms with Gasteiger partial charge < -0.3 is 5.32 Å². The number of halogens is 1. The third-order valence-electron chi connectivity index (χ3n) is 2.42. The van der Waals surface area contributed by atoms with Gasteiger partial charge in [-0.2, -0.15) is 0 Å². The van der Waals surface area contributed by atoms with Gasteiger partial charge >= 0.3 is 6.03 Å². The highest BCUT2D eigenvalue weighted by Crippen LogP contribution is 2.15. The second kappa shape index (κ2) is 6.63. The first-order valence-electron chi connectivity index (χ1n) is 6.09. The van der Waals surface area contributed by atoms with Gasteiger partial charge in [0.25, 0.3) is 0 Å². The zero-order valence-electron chi connectivity index (χ0n) is 11.5. The average molecular weight is 341 g/mol. The number of sulfonamides is 1. The Morgan fingerprint density at radius 1 is 1.05 bits per heavy atom. The van der Waals surface area contributed by atoms with Crippen LogP contribution in [0.5, 0.6) is 0 Å². The molecule has 0 spiro atoms.